The third-order valence-electron chi connectivity index (χ3n) is 9.38. The first-order valence-electron chi connectivity index (χ1n) is 12.6. The third-order valence-corrected chi connectivity index (χ3v) is 13.9. The summed E-state index contributed by atoms with van der Waals surface area (Å²) < 4.78 is 7.03. The minimum Gasteiger partial charge on any atom is -0.414 e. The number of aliphatic hydroxyl groups is 2. The first-order valence-corrected chi connectivity index (χ1v) is 15.5. The van der Waals surface area contributed by atoms with Gasteiger partial charge in [0.05, 0.1) is 5.60 Å². The fourth-order valence-corrected chi connectivity index (χ4v) is 8.01. The van der Waals surface area contributed by atoms with Crippen LogP contribution in [0.4, 0.5) is 0 Å². The first-order chi connectivity index (χ1) is 13.6. The van der Waals surface area contributed by atoms with Crippen molar-refractivity contribution in [3.8, 4) is 0 Å². The van der Waals surface area contributed by atoms with Gasteiger partial charge in [-0.1, -0.05) is 47.5 Å². The maximum atomic E-state index is 10.2. The van der Waals surface area contributed by atoms with Crippen molar-refractivity contribution < 1.29 is 14.6 Å². The molecule has 2 aliphatic rings. The van der Waals surface area contributed by atoms with Gasteiger partial charge in [-0.3, -0.25) is 0 Å². The lowest BCUT2D eigenvalue weighted by Gasteiger charge is -2.52. The second-order valence-electron chi connectivity index (χ2n) is 13.3. The predicted molar refractivity (Wildman–Crippen MR) is 130 cm³/mol. The lowest BCUT2D eigenvalue weighted by atomic mass is 9.56. The Morgan fingerprint density at radius 1 is 0.967 bits per heavy atom. The second kappa shape index (κ2) is 9.15. The Bertz CT molecular complexity index is 562. The molecule has 0 aromatic carbocycles. The topological polar surface area (TPSA) is 49.7 Å². The molecule has 0 amide bonds. The molecular formula is C26H52O3Si. The van der Waals surface area contributed by atoms with Gasteiger partial charge in [-0.05, 0) is 99.6 Å². The quantitative estimate of drug-likeness (QED) is 0.382. The summed E-state index contributed by atoms with van der Waals surface area (Å²) in [4.78, 5) is 0. The van der Waals surface area contributed by atoms with Crippen LogP contribution >= 0.6 is 0 Å². The van der Waals surface area contributed by atoms with Gasteiger partial charge in [0.2, 0.25) is 0 Å². The zero-order chi connectivity index (χ0) is 23.0. The van der Waals surface area contributed by atoms with Gasteiger partial charge in [0.1, 0.15) is 0 Å². The van der Waals surface area contributed by atoms with Gasteiger partial charge in [-0.2, -0.15) is 0 Å². The third kappa shape index (κ3) is 5.71. The summed E-state index contributed by atoms with van der Waals surface area (Å²) in [6, 6.07) is 0. The summed E-state index contributed by atoms with van der Waals surface area (Å²) in [5, 5.41) is 20.4. The Kier molecular flexibility index (Phi) is 8.04. The highest BCUT2D eigenvalue weighted by atomic mass is 28.4. The Balaban J connectivity index is 2.21. The highest BCUT2D eigenvalue weighted by Gasteiger charge is 2.57. The zero-order valence-corrected chi connectivity index (χ0v) is 22.6. The van der Waals surface area contributed by atoms with E-state index in [2.05, 4.69) is 47.7 Å². The number of aliphatic hydroxyl groups excluding tert-OH is 1. The van der Waals surface area contributed by atoms with Crippen LogP contribution in [-0.4, -0.2) is 36.8 Å². The van der Waals surface area contributed by atoms with Crippen molar-refractivity contribution in [3.63, 3.8) is 0 Å². The highest BCUT2D eigenvalue weighted by Crippen LogP contribution is 2.63. The molecule has 0 aromatic heterocycles. The average Bonchev–Trinajstić information content (AvgIpc) is 2.91. The molecular weight excluding hydrogens is 388 g/mol. The Hall–Kier alpha value is 0.0969. The molecule has 0 radical (unpaired) electrons. The Morgan fingerprint density at radius 3 is 2.13 bits per heavy atom. The van der Waals surface area contributed by atoms with Crippen molar-refractivity contribution >= 4 is 8.32 Å². The van der Waals surface area contributed by atoms with Crippen molar-refractivity contribution in [3.05, 3.63) is 0 Å². The maximum absolute atomic E-state index is 10.2. The van der Waals surface area contributed by atoms with Crippen LogP contribution in [0.2, 0.25) is 18.1 Å². The molecule has 3 nitrogen and oxygen atoms in total. The minimum atomic E-state index is -1.78. The number of hydrogen-bond acceptors (Lipinski definition) is 3. The Labute approximate surface area is 188 Å². The molecule has 4 heteroatoms. The molecule has 0 heterocycles. The first kappa shape index (κ1) is 26.4. The van der Waals surface area contributed by atoms with Crippen LogP contribution in [0.15, 0.2) is 0 Å². The minimum absolute atomic E-state index is 0.141. The molecule has 2 N–H and O–H groups in total. The van der Waals surface area contributed by atoms with E-state index in [-0.39, 0.29) is 17.1 Å². The van der Waals surface area contributed by atoms with Gasteiger partial charge in [-0.25, -0.2) is 0 Å². The van der Waals surface area contributed by atoms with Crippen LogP contribution in [0.3, 0.4) is 0 Å². The average molecular weight is 441 g/mol. The van der Waals surface area contributed by atoms with Crippen LogP contribution < -0.4 is 0 Å². The summed E-state index contributed by atoms with van der Waals surface area (Å²) >= 11 is 0. The van der Waals surface area contributed by atoms with Crippen LogP contribution in [0.25, 0.3) is 0 Å². The molecule has 0 aliphatic heterocycles. The molecule has 0 saturated heterocycles. The lowest BCUT2D eigenvalue weighted by Crippen LogP contribution is -2.51. The molecule has 5 atom stereocenters. The second-order valence-corrected chi connectivity index (χ2v) is 18.1. The van der Waals surface area contributed by atoms with Crippen LogP contribution in [-0.2, 0) is 4.43 Å². The van der Waals surface area contributed by atoms with Gasteiger partial charge in [0.15, 0.2) is 8.32 Å². The fourth-order valence-electron chi connectivity index (χ4n) is 6.61. The fraction of sp³-hybridized carbons (Fsp3) is 1.00. The van der Waals surface area contributed by atoms with Gasteiger partial charge in [0, 0.05) is 12.7 Å². The van der Waals surface area contributed by atoms with E-state index in [0.717, 1.165) is 25.7 Å². The van der Waals surface area contributed by atoms with Gasteiger partial charge in [-0.15, -0.1) is 0 Å². The van der Waals surface area contributed by atoms with E-state index in [9.17, 15) is 10.2 Å². The van der Waals surface area contributed by atoms with E-state index < -0.39 is 13.9 Å². The van der Waals surface area contributed by atoms with E-state index in [0.29, 0.717) is 23.4 Å². The molecule has 2 rings (SSSR count). The monoisotopic (exact) mass is 440 g/mol. The van der Waals surface area contributed by atoms with Crippen molar-refractivity contribution in [2.45, 2.75) is 136 Å². The van der Waals surface area contributed by atoms with Crippen molar-refractivity contribution in [2.24, 2.45) is 22.7 Å². The molecule has 2 fully saturated rings. The normalized spacial score (nSPS) is 32.7. The largest absolute Gasteiger partial charge is 0.414 e. The van der Waals surface area contributed by atoms with Crippen LogP contribution in [0, 0.1) is 22.7 Å². The van der Waals surface area contributed by atoms with Crippen molar-refractivity contribution in [1.29, 1.82) is 0 Å². The SMILES string of the molecule is CC(C)(O)CCC[C@](C)(CCO)C1CCC2[C@@H](O[Si](C)(C)C(C)(C)C)CCC[C@@]21C. The molecule has 2 aliphatic carbocycles. The van der Waals surface area contributed by atoms with Gasteiger partial charge < -0.3 is 14.6 Å². The number of fused-ring (bicyclic) bond motifs is 1. The summed E-state index contributed by atoms with van der Waals surface area (Å²) in [6.45, 7) is 20.9. The molecule has 0 bridgehead atoms. The van der Waals surface area contributed by atoms with E-state index >= 15 is 0 Å². The van der Waals surface area contributed by atoms with Crippen LogP contribution in [0.5, 0.6) is 0 Å². The number of rotatable bonds is 9. The summed E-state index contributed by atoms with van der Waals surface area (Å²) in [7, 11) is -1.78. The van der Waals surface area contributed by atoms with E-state index in [1.165, 1.54) is 32.1 Å². The predicted octanol–water partition coefficient (Wildman–Crippen LogP) is 6.92. The van der Waals surface area contributed by atoms with Crippen molar-refractivity contribution in [1.82, 2.24) is 0 Å². The van der Waals surface area contributed by atoms with Gasteiger partial charge in [0.25, 0.3) is 0 Å². The standard InChI is InChI=1S/C26H52O3Si/c1-23(2,3)30(8,9)29-21-12-10-17-26(7)20(21)13-14-22(26)25(6,18-19-27)16-11-15-24(4,5)28/h20-22,27-28H,10-19H2,1-9H3/t20?,21-,22?,25+,26-/m0/s1. The Morgan fingerprint density at radius 2 is 1.60 bits per heavy atom. The molecule has 0 spiro atoms. The molecule has 2 saturated carbocycles. The smallest absolute Gasteiger partial charge is 0.192 e. The number of hydrogen-bond donors (Lipinski definition) is 2. The molecule has 2 unspecified atom stereocenters. The summed E-state index contributed by atoms with van der Waals surface area (Å²) in [6.07, 6.45) is 10.6. The van der Waals surface area contributed by atoms with Crippen LogP contribution in [0.1, 0.15) is 106 Å². The van der Waals surface area contributed by atoms with E-state index in [1.807, 2.05) is 13.8 Å². The molecule has 30 heavy (non-hydrogen) atoms. The zero-order valence-electron chi connectivity index (χ0n) is 21.6. The van der Waals surface area contributed by atoms with Gasteiger partial charge >= 0.3 is 0 Å². The molecule has 178 valence electrons. The lowest BCUT2D eigenvalue weighted by molar-refractivity contribution is -0.0511. The highest BCUT2D eigenvalue weighted by molar-refractivity contribution is 6.74. The summed E-state index contributed by atoms with van der Waals surface area (Å²) in [5.41, 5.74) is -0.151. The maximum Gasteiger partial charge on any atom is 0.192 e. The molecule has 0 aromatic rings. The summed E-state index contributed by atoms with van der Waals surface area (Å²) in [5.74, 6) is 1.28. The van der Waals surface area contributed by atoms with E-state index in [4.69, 9.17) is 4.43 Å². The van der Waals surface area contributed by atoms with E-state index in [1.54, 1.807) is 0 Å². The van der Waals surface area contributed by atoms with Crippen molar-refractivity contribution in [2.75, 3.05) is 6.61 Å².